The Morgan fingerprint density at radius 3 is 2.73 bits per heavy atom. The van der Waals surface area contributed by atoms with Gasteiger partial charge in [-0.05, 0) is 61.1 Å². The first-order valence-electron chi connectivity index (χ1n) is 10.2. The molecule has 0 amide bonds. The molecule has 0 unspecified atom stereocenters. The number of rotatable bonds is 5. The molecule has 0 atom stereocenters. The summed E-state index contributed by atoms with van der Waals surface area (Å²) in [6, 6.07) is 16.3. The highest BCUT2D eigenvalue weighted by atomic mass is 16.4. The van der Waals surface area contributed by atoms with Crippen molar-refractivity contribution in [3.8, 4) is 11.1 Å². The Kier molecular flexibility index (Phi) is 4.31. The average molecular weight is 397 g/mol. The predicted octanol–water partition coefficient (Wildman–Crippen LogP) is 5.87. The van der Waals surface area contributed by atoms with Gasteiger partial charge in [0.2, 0.25) is 0 Å². The van der Waals surface area contributed by atoms with Crippen LogP contribution in [0.5, 0.6) is 0 Å². The number of nitrogens with zero attached hydrogens (tertiary/aromatic N) is 2. The fourth-order valence-corrected chi connectivity index (χ4v) is 4.03. The van der Waals surface area contributed by atoms with Crippen LogP contribution in [-0.4, -0.2) is 20.6 Å². The average Bonchev–Trinajstić information content (AvgIpc) is 3.52. The summed E-state index contributed by atoms with van der Waals surface area (Å²) in [5, 5.41) is 14.0. The van der Waals surface area contributed by atoms with Gasteiger partial charge in [0, 0.05) is 41.6 Å². The highest BCUT2D eigenvalue weighted by Crippen LogP contribution is 2.41. The normalized spacial score (nSPS) is 13.5. The van der Waals surface area contributed by atoms with Crippen LogP contribution in [0.4, 0.5) is 11.5 Å². The molecule has 4 aromatic rings. The minimum Gasteiger partial charge on any atom is -0.478 e. The molecule has 0 radical (unpaired) electrons. The zero-order valence-corrected chi connectivity index (χ0v) is 17.0. The fraction of sp³-hybridized carbons (Fsp3) is 0.200. The first-order valence-corrected chi connectivity index (χ1v) is 10.2. The van der Waals surface area contributed by atoms with Gasteiger partial charge in [0.25, 0.3) is 0 Å². The van der Waals surface area contributed by atoms with E-state index in [1.54, 1.807) is 12.3 Å². The summed E-state index contributed by atoms with van der Waals surface area (Å²) in [5.74, 6) is -0.129. The van der Waals surface area contributed by atoms with Crippen molar-refractivity contribution < 1.29 is 9.90 Å². The van der Waals surface area contributed by atoms with Gasteiger partial charge in [-0.15, -0.1) is 0 Å². The van der Waals surface area contributed by atoms with Crippen molar-refractivity contribution in [1.82, 2.24) is 9.55 Å². The smallest absolute Gasteiger partial charge is 0.339 e. The number of anilines is 2. The molecule has 5 nitrogen and oxygen atoms in total. The summed E-state index contributed by atoms with van der Waals surface area (Å²) in [5.41, 5.74) is 6.69. The zero-order chi connectivity index (χ0) is 20.8. The predicted molar refractivity (Wildman–Crippen MR) is 120 cm³/mol. The molecule has 2 N–H and O–H groups in total. The molecule has 0 aliphatic heterocycles. The Hall–Kier alpha value is -3.60. The maximum Gasteiger partial charge on any atom is 0.339 e. The molecule has 1 aliphatic carbocycles. The molecule has 1 fully saturated rings. The number of aryl methyl sites for hydroxylation is 2. The number of aromatic carboxylic acids is 1. The molecule has 2 heterocycles. The van der Waals surface area contributed by atoms with E-state index < -0.39 is 5.97 Å². The van der Waals surface area contributed by atoms with E-state index in [-0.39, 0.29) is 5.56 Å². The van der Waals surface area contributed by atoms with E-state index in [1.807, 2.05) is 13.1 Å². The molecule has 5 heteroatoms. The number of benzene rings is 2. The van der Waals surface area contributed by atoms with E-state index in [1.165, 1.54) is 5.56 Å². The molecule has 5 rings (SSSR count). The van der Waals surface area contributed by atoms with E-state index in [4.69, 9.17) is 0 Å². The fourth-order valence-electron chi connectivity index (χ4n) is 4.03. The second-order valence-electron chi connectivity index (χ2n) is 8.12. The Balaban J connectivity index is 1.56. The maximum absolute atomic E-state index is 11.8. The minimum atomic E-state index is -0.964. The zero-order valence-electron chi connectivity index (χ0n) is 17.0. The number of carbonyl (C=O) groups is 1. The van der Waals surface area contributed by atoms with Crippen LogP contribution in [0.25, 0.3) is 22.0 Å². The largest absolute Gasteiger partial charge is 0.478 e. The van der Waals surface area contributed by atoms with Crippen molar-refractivity contribution in [3.05, 3.63) is 77.6 Å². The van der Waals surface area contributed by atoms with E-state index in [0.29, 0.717) is 11.7 Å². The SMILES string of the molecule is Cc1cccc(-c2cn(C)c3ccc(Nc4ncc(C5CC5)cc4C(=O)O)cc23)c1. The topological polar surface area (TPSA) is 67.2 Å². The van der Waals surface area contributed by atoms with Gasteiger partial charge in [-0.3, -0.25) is 0 Å². The van der Waals surface area contributed by atoms with Crippen LogP contribution < -0.4 is 5.32 Å². The maximum atomic E-state index is 11.8. The van der Waals surface area contributed by atoms with Gasteiger partial charge in [-0.1, -0.05) is 29.8 Å². The van der Waals surface area contributed by atoms with Crippen LogP contribution in [0.2, 0.25) is 0 Å². The van der Waals surface area contributed by atoms with Gasteiger partial charge < -0.3 is 15.0 Å². The van der Waals surface area contributed by atoms with E-state index in [0.717, 1.165) is 46.1 Å². The Morgan fingerprint density at radius 2 is 2.00 bits per heavy atom. The van der Waals surface area contributed by atoms with Gasteiger partial charge >= 0.3 is 5.97 Å². The molecular weight excluding hydrogens is 374 g/mol. The van der Waals surface area contributed by atoms with Crippen molar-refractivity contribution >= 4 is 28.4 Å². The standard InChI is InChI=1S/C25H23N3O2/c1-15-4-3-5-17(10-15)22-14-28(2)23-9-8-19(12-20(22)23)27-24-21(25(29)30)11-18(13-26-24)16-6-7-16/h3-5,8-14,16H,6-7H2,1-2H3,(H,26,27)(H,29,30). The third-order valence-corrected chi connectivity index (χ3v) is 5.77. The summed E-state index contributed by atoms with van der Waals surface area (Å²) in [6.07, 6.45) is 6.15. The van der Waals surface area contributed by atoms with Crippen molar-refractivity contribution in [3.63, 3.8) is 0 Å². The summed E-state index contributed by atoms with van der Waals surface area (Å²) in [4.78, 5) is 16.2. The highest BCUT2D eigenvalue weighted by molar-refractivity contribution is 5.99. The van der Waals surface area contributed by atoms with Gasteiger partial charge in [0.15, 0.2) is 0 Å². The third kappa shape index (κ3) is 3.32. The molecule has 30 heavy (non-hydrogen) atoms. The number of fused-ring (bicyclic) bond motifs is 1. The summed E-state index contributed by atoms with van der Waals surface area (Å²) in [6.45, 7) is 2.09. The molecule has 0 bridgehead atoms. The Labute approximate surface area is 175 Å². The van der Waals surface area contributed by atoms with Crippen LogP contribution in [0.1, 0.15) is 40.2 Å². The van der Waals surface area contributed by atoms with Crippen LogP contribution >= 0.6 is 0 Å². The Morgan fingerprint density at radius 1 is 1.17 bits per heavy atom. The van der Waals surface area contributed by atoms with E-state index in [9.17, 15) is 9.90 Å². The van der Waals surface area contributed by atoms with Gasteiger partial charge in [0.05, 0.1) is 0 Å². The molecule has 2 aromatic heterocycles. The van der Waals surface area contributed by atoms with Crippen molar-refractivity contribution in [2.75, 3.05) is 5.32 Å². The lowest BCUT2D eigenvalue weighted by Crippen LogP contribution is -2.06. The molecule has 2 aromatic carbocycles. The van der Waals surface area contributed by atoms with Gasteiger partial charge in [0.1, 0.15) is 11.4 Å². The molecule has 0 spiro atoms. The lowest BCUT2D eigenvalue weighted by Gasteiger charge is -2.11. The molecule has 150 valence electrons. The minimum absolute atomic E-state index is 0.214. The molecule has 1 saturated carbocycles. The third-order valence-electron chi connectivity index (χ3n) is 5.77. The number of carboxylic acid groups (broad SMARTS) is 1. The highest BCUT2D eigenvalue weighted by Gasteiger charge is 2.26. The van der Waals surface area contributed by atoms with Crippen LogP contribution in [0.3, 0.4) is 0 Å². The first kappa shape index (κ1) is 18.4. The monoisotopic (exact) mass is 397 g/mol. The summed E-state index contributed by atoms with van der Waals surface area (Å²) >= 11 is 0. The number of carboxylic acids is 1. The summed E-state index contributed by atoms with van der Waals surface area (Å²) in [7, 11) is 2.04. The van der Waals surface area contributed by atoms with E-state index in [2.05, 4.69) is 64.4 Å². The van der Waals surface area contributed by atoms with Crippen LogP contribution in [0.15, 0.2) is 60.9 Å². The first-order chi connectivity index (χ1) is 14.5. The number of hydrogen-bond acceptors (Lipinski definition) is 3. The number of pyridine rings is 1. The number of nitrogens with one attached hydrogen (secondary N) is 1. The second-order valence-corrected chi connectivity index (χ2v) is 8.12. The van der Waals surface area contributed by atoms with Crippen molar-refractivity contribution in [2.45, 2.75) is 25.7 Å². The van der Waals surface area contributed by atoms with Gasteiger partial charge in [-0.25, -0.2) is 9.78 Å². The Bertz CT molecular complexity index is 1290. The second kappa shape index (κ2) is 7.02. The lowest BCUT2D eigenvalue weighted by atomic mass is 10.0. The molecule has 0 saturated heterocycles. The van der Waals surface area contributed by atoms with E-state index >= 15 is 0 Å². The van der Waals surface area contributed by atoms with Crippen molar-refractivity contribution in [2.24, 2.45) is 7.05 Å². The lowest BCUT2D eigenvalue weighted by molar-refractivity contribution is 0.0697. The van der Waals surface area contributed by atoms with Crippen LogP contribution in [-0.2, 0) is 7.05 Å². The molecular formula is C25H23N3O2. The van der Waals surface area contributed by atoms with Gasteiger partial charge in [-0.2, -0.15) is 0 Å². The van der Waals surface area contributed by atoms with Crippen LogP contribution in [0, 0.1) is 6.92 Å². The summed E-state index contributed by atoms with van der Waals surface area (Å²) < 4.78 is 2.11. The van der Waals surface area contributed by atoms with Crippen molar-refractivity contribution in [1.29, 1.82) is 0 Å². The number of hydrogen-bond donors (Lipinski definition) is 2. The molecule has 1 aliphatic rings. The quantitative estimate of drug-likeness (QED) is 0.442. The number of aromatic nitrogens is 2.